The molecule has 0 unspecified atom stereocenters. The van der Waals surface area contributed by atoms with Gasteiger partial charge >= 0.3 is 0 Å². The minimum atomic E-state index is -3.31. The van der Waals surface area contributed by atoms with E-state index in [1.54, 1.807) is 18.2 Å². The lowest BCUT2D eigenvalue weighted by Gasteiger charge is -2.26. The summed E-state index contributed by atoms with van der Waals surface area (Å²) in [5, 5.41) is -0.436. The number of rotatable bonds is 5. The van der Waals surface area contributed by atoms with Gasteiger partial charge in [-0.15, -0.1) is 0 Å². The number of ether oxygens (including phenoxy) is 1. The first-order valence-corrected chi connectivity index (χ1v) is 7.93. The monoisotopic (exact) mass is 332 g/mol. The smallest absolute Gasteiger partial charge is 0.186 e. The molecule has 1 saturated heterocycles. The average molecular weight is 333 g/mol. The lowest BCUT2D eigenvalue weighted by molar-refractivity contribution is -0.107. The van der Waals surface area contributed by atoms with Gasteiger partial charge in [0.1, 0.15) is 11.5 Å². The van der Waals surface area contributed by atoms with E-state index in [-0.39, 0.29) is 13.2 Å². The molecular weight excluding hydrogens is 320 g/mol. The second kappa shape index (κ2) is 5.50. The summed E-state index contributed by atoms with van der Waals surface area (Å²) in [6.07, 6.45) is 1.91. The number of sulfone groups is 1. The summed E-state index contributed by atoms with van der Waals surface area (Å²) in [4.78, 5) is 10.6. The molecule has 1 aromatic carbocycles. The number of hydrogen-bond donors (Lipinski definition) is 0. The SMILES string of the molecule is O=CCCc1ccc(S(=O)(=O)C2COC2)c(Br)c1. The number of benzene rings is 1. The topological polar surface area (TPSA) is 60.4 Å². The molecule has 1 fully saturated rings. The number of hydrogen-bond acceptors (Lipinski definition) is 4. The van der Waals surface area contributed by atoms with E-state index in [9.17, 15) is 13.2 Å². The summed E-state index contributed by atoms with van der Waals surface area (Å²) in [6.45, 7) is 0.531. The number of carbonyl (C=O) groups excluding carboxylic acids is 1. The van der Waals surface area contributed by atoms with Crippen molar-refractivity contribution < 1.29 is 17.9 Å². The first-order valence-electron chi connectivity index (χ1n) is 5.59. The molecule has 0 N–H and O–H groups in total. The Morgan fingerprint density at radius 2 is 2.11 bits per heavy atom. The lowest BCUT2D eigenvalue weighted by Crippen LogP contribution is -2.40. The predicted octanol–water partition coefficient (Wildman–Crippen LogP) is 1.75. The summed E-state index contributed by atoms with van der Waals surface area (Å²) < 4.78 is 29.9. The Bertz CT molecular complexity index is 549. The van der Waals surface area contributed by atoms with E-state index >= 15 is 0 Å². The van der Waals surface area contributed by atoms with Gasteiger partial charge in [-0.2, -0.15) is 0 Å². The number of halogens is 1. The molecule has 0 atom stereocenters. The van der Waals surface area contributed by atoms with Crippen LogP contribution in [0.3, 0.4) is 0 Å². The highest BCUT2D eigenvalue weighted by Gasteiger charge is 2.35. The van der Waals surface area contributed by atoms with Gasteiger partial charge in [0, 0.05) is 10.9 Å². The summed E-state index contributed by atoms with van der Waals surface area (Å²) in [5.74, 6) is 0. The summed E-state index contributed by atoms with van der Waals surface area (Å²) in [7, 11) is -3.31. The van der Waals surface area contributed by atoms with E-state index in [0.29, 0.717) is 22.2 Å². The molecular formula is C12H13BrO4S. The first kappa shape index (κ1) is 13.7. The Hall–Kier alpha value is -0.720. The van der Waals surface area contributed by atoms with Gasteiger partial charge < -0.3 is 9.53 Å². The van der Waals surface area contributed by atoms with Gasteiger partial charge in [0.15, 0.2) is 9.84 Å². The second-order valence-electron chi connectivity index (χ2n) is 4.17. The van der Waals surface area contributed by atoms with E-state index in [1.807, 2.05) is 0 Å². The van der Waals surface area contributed by atoms with Crippen LogP contribution in [-0.2, 0) is 25.8 Å². The highest BCUT2D eigenvalue weighted by molar-refractivity contribution is 9.10. The van der Waals surface area contributed by atoms with Gasteiger partial charge in [0.05, 0.1) is 18.1 Å². The third kappa shape index (κ3) is 2.65. The van der Waals surface area contributed by atoms with Gasteiger partial charge in [0.25, 0.3) is 0 Å². The van der Waals surface area contributed by atoms with Gasteiger partial charge in [0.2, 0.25) is 0 Å². The van der Waals surface area contributed by atoms with Crippen LogP contribution in [0.4, 0.5) is 0 Å². The number of aryl methyl sites for hydroxylation is 1. The van der Waals surface area contributed by atoms with Crippen molar-refractivity contribution in [1.82, 2.24) is 0 Å². The first-order chi connectivity index (χ1) is 8.55. The molecule has 98 valence electrons. The molecule has 1 aliphatic heterocycles. The highest BCUT2D eigenvalue weighted by atomic mass is 79.9. The van der Waals surface area contributed by atoms with Crippen LogP contribution < -0.4 is 0 Å². The Morgan fingerprint density at radius 3 is 2.61 bits per heavy atom. The fraction of sp³-hybridized carbons (Fsp3) is 0.417. The highest BCUT2D eigenvalue weighted by Crippen LogP contribution is 2.29. The van der Waals surface area contributed by atoms with Crippen LogP contribution in [0.25, 0.3) is 0 Å². The largest absolute Gasteiger partial charge is 0.379 e. The van der Waals surface area contributed by atoms with Crippen molar-refractivity contribution >= 4 is 32.1 Å². The molecule has 0 saturated carbocycles. The third-order valence-corrected chi connectivity index (χ3v) is 5.94. The number of aldehydes is 1. The molecule has 0 aliphatic carbocycles. The van der Waals surface area contributed by atoms with Gasteiger partial charge in [-0.3, -0.25) is 0 Å². The van der Waals surface area contributed by atoms with Crippen LogP contribution in [-0.4, -0.2) is 33.2 Å². The van der Waals surface area contributed by atoms with Gasteiger partial charge in [-0.1, -0.05) is 6.07 Å². The van der Waals surface area contributed by atoms with E-state index in [4.69, 9.17) is 4.74 Å². The van der Waals surface area contributed by atoms with Crippen molar-refractivity contribution in [1.29, 1.82) is 0 Å². The van der Waals surface area contributed by atoms with Gasteiger partial charge in [-0.25, -0.2) is 8.42 Å². The Morgan fingerprint density at radius 1 is 1.39 bits per heavy atom. The Labute approximate surface area is 114 Å². The molecule has 2 rings (SSSR count). The third-order valence-electron chi connectivity index (χ3n) is 2.90. The lowest BCUT2D eigenvalue weighted by atomic mass is 10.1. The van der Waals surface area contributed by atoms with Gasteiger partial charge in [-0.05, 0) is 40.0 Å². The average Bonchev–Trinajstić information content (AvgIpc) is 2.22. The molecule has 0 aromatic heterocycles. The van der Waals surface area contributed by atoms with Crippen LogP contribution in [0, 0.1) is 0 Å². The molecule has 1 aliphatic rings. The van der Waals surface area contributed by atoms with Crippen LogP contribution >= 0.6 is 15.9 Å². The predicted molar refractivity (Wildman–Crippen MR) is 70.3 cm³/mol. The quantitative estimate of drug-likeness (QED) is 0.771. The molecule has 1 aromatic rings. The maximum absolute atomic E-state index is 12.2. The van der Waals surface area contributed by atoms with E-state index in [1.165, 1.54) is 0 Å². The minimum absolute atomic E-state index is 0.266. The zero-order chi connectivity index (χ0) is 13.2. The van der Waals surface area contributed by atoms with Crippen molar-refractivity contribution in [2.24, 2.45) is 0 Å². The normalized spacial score (nSPS) is 16.3. The molecule has 1 heterocycles. The van der Waals surface area contributed by atoms with Crippen molar-refractivity contribution in [2.45, 2.75) is 23.0 Å². The standard InChI is InChI=1S/C12H13BrO4S/c13-11-6-9(2-1-5-14)3-4-12(11)18(15,16)10-7-17-8-10/h3-6,10H,1-2,7-8H2. The summed E-state index contributed by atoms with van der Waals surface area (Å²) in [6, 6.07) is 5.11. The molecule has 0 amide bonds. The zero-order valence-electron chi connectivity index (χ0n) is 9.63. The van der Waals surface area contributed by atoms with Crippen molar-refractivity contribution in [3.05, 3.63) is 28.2 Å². The fourth-order valence-corrected chi connectivity index (χ4v) is 4.33. The van der Waals surface area contributed by atoms with Crippen LogP contribution in [0.15, 0.2) is 27.6 Å². The van der Waals surface area contributed by atoms with Crippen LogP contribution in [0.2, 0.25) is 0 Å². The van der Waals surface area contributed by atoms with Crippen molar-refractivity contribution in [2.75, 3.05) is 13.2 Å². The summed E-state index contributed by atoms with van der Waals surface area (Å²) >= 11 is 3.29. The minimum Gasteiger partial charge on any atom is -0.379 e. The van der Waals surface area contributed by atoms with E-state index < -0.39 is 15.1 Å². The molecule has 0 spiro atoms. The van der Waals surface area contributed by atoms with E-state index in [2.05, 4.69) is 15.9 Å². The van der Waals surface area contributed by atoms with Crippen LogP contribution in [0.1, 0.15) is 12.0 Å². The Kier molecular flexibility index (Phi) is 4.19. The maximum atomic E-state index is 12.2. The van der Waals surface area contributed by atoms with Crippen LogP contribution in [0.5, 0.6) is 0 Å². The number of carbonyl (C=O) groups is 1. The van der Waals surface area contributed by atoms with Crippen molar-refractivity contribution in [3.8, 4) is 0 Å². The maximum Gasteiger partial charge on any atom is 0.186 e. The molecule has 0 radical (unpaired) electrons. The zero-order valence-corrected chi connectivity index (χ0v) is 12.0. The summed E-state index contributed by atoms with van der Waals surface area (Å²) in [5.41, 5.74) is 0.942. The molecule has 18 heavy (non-hydrogen) atoms. The Balaban J connectivity index is 2.26. The second-order valence-corrected chi connectivity index (χ2v) is 7.23. The fourth-order valence-electron chi connectivity index (χ4n) is 1.73. The van der Waals surface area contributed by atoms with E-state index in [0.717, 1.165) is 11.8 Å². The van der Waals surface area contributed by atoms with Crippen molar-refractivity contribution in [3.63, 3.8) is 0 Å². The molecule has 0 bridgehead atoms. The molecule has 6 heteroatoms. The molecule has 4 nitrogen and oxygen atoms in total.